The van der Waals surface area contributed by atoms with Crippen LogP contribution in [0.15, 0.2) is 22.7 Å². The fourth-order valence-corrected chi connectivity index (χ4v) is 3.66. The molecule has 0 atom stereocenters. The maximum atomic E-state index is 12.2. The first-order chi connectivity index (χ1) is 8.90. The van der Waals surface area contributed by atoms with Crippen molar-refractivity contribution in [3.05, 3.63) is 22.7 Å². The van der Waals surface area contributed by atoms with E-state index in [1.807, 2.05) is 0 Å². The normalized spacial score (nSPS) is 18.4. The summed E-state index contributed by atoms with van der Waals surface area (Å²) in [4.78, 5) is 0. The van der Waals surface area contributed by atoms with Gasteiger partial charge in [0.1, 0.15) is 0 Å². The summed E-state index contributed by atoms with van der Waals surface area (Å²) in [7, 11) is -3.60. The number of hydrogen-bond donors (Lipinski definition) is 2. The lowest BCUT2D eigenvalue weighted by molar-refractivity contribution is 0.289. The summed E-state index contributed by atoms with van der Waals surface area (Å²) >= 11 is 3.16. The van der Waals surface area contributed by atoms with E-state index in [4.69, 9.17) is 0 Å². The average Bonchev–Trinajstić information content (AvgIpc) is 2.35. The van der Waals surface area contributed by atoms with Gasteiger partial charge in [0.05, 0.1) is 10.2 Å². The van der Waals surface area contributed by atoms with Crippen LogP contribution in [-0.4, -0.2) is 30.9 Å². The zero-order valence-electron chi connectivity index (χ0n) is 10.6. The number of anilines is 1. The summed E-state index contributed by atoms with van der Waals surface area (Å²) in [5, 5.41) is 9.81. The van der Waals surface area contributed by atoms with Crippen LogP contribution in [0, 0.1) is 5.92 Å². The summed E-state index contributed by atoms with van der Waals surface area (Å²) in [6, 6.07) is 4.85. The number of piperidine rings is 1. The molecule has 1 aliphatic rings. The van der Waals surface area contributed by atoms with E-state index >= 15 is 0 Å². The highest BCUT2D eigenvalue weighted by Crippen LogP contribution is 2.32. The van der Waals surface area contributed by atoms with Gasteiger partial charge in [0.15, 0.2) is 5.75 Å². The third kappa shape index (κ3) is 3.40. The fraction of sp³-hybridized carbons (Fsp3) is 0.500. The lowest BCUT2D eigenvalue weighted by Crippen LogP contribution is -2.41. The number of hydrogen-bond acceptors (Lipinski definition) is 3. The van der Waals surface area contributed by atoms with Gasteiger partial charge in [-0.3, -0.25) is 4.72 Å². The van der Waals surface area contributed by atoms with Crippen molar-refractivity contribution in [1.82, 2.24) is 4.31 Å². The molecule has 0 aliphatic carbocycles. The van der Waals surface area contributed by atoms with Crippen molar-refractivity contribution in [3.8, 4) is 5.75 Å². The predicted molar refractivity (Wildman–Crippen MR) is 78.3 cm³/mol. The van der Waals surface area contributed by atoms with Gasteiger partial charge in [-0.15, -0.1) is 0 Å². The first-order valence-electron chi connectivity index (χ1n) is 6.15. The van der Waals surface area contributed by atoms with E-state index in [2.05, 4.69) is 27.6 Å². The standard InChI is InChI=1S/C12H17BrN2O3S/c1-9-5-7-15(8-6-9)19(17,18)14-11-4-2-3-10(13)12(11)16/h2-4,9,14,16H,5-8H2,1H3. The van der Waals surface area contributed by atoms with Crippen molar-refractivity contribution in [2.45, 2.75) is 19.8 Å². The van der Waals surface area contributed by atoms with Gasteiger partial charge in [-0.2, -0.15) is 12.7 Å². The monoisotopic (exact) mass is 348 g/mol. The Balaban J connectivity index is 2.15. The Bertz CT molecular complexity index is 554. The Morgan fingerprint density at radius 1 is 1.37 bits per heavy atom. The Morgan fingerprint density at radius 2 is 2.00 bits per heavy atom. The molecule has 1 aromatic carbocycles. The molecule has 7 heteroatoms. The SMILES string of the molecule is CC1CCN(S(=O)(=O)Nc2cccc(Br)c2O)CC1. The van der Waals surface area contributed by atoms with Crippen LogP contribution in [0.25, 0.3) is 0 Å². The minimum Gasteiger partial charge on any atom is -0.505 e. The molecule has 19 heavy (non-hydrogen) atoms. The molecule has 2 N–H and O–H groups in total. The van der Waals surface area contributed by atoms with Crippen molar-refractivity contribution in [2.75, 3.05) is 17.8 Å². The van der Waals surface area contributed by atoms with Gasteiger partial charge in [0.2, 0.25) is 0 Å². The van der Waals surface area contributed by atoms with Crippen LogP contribution in [0.1, 0.15) is 19.8 Å². The molecular weight excluding hydrogens is 332 g/mol. The van der Waals surface area contributed by atoms with E-state index in [1.54, 1.807) is 12.1 Å². The third-order valence-corrected chi connectivity index (χ3v) is 5.47. The first-order valence-corrected chi connectivity index (χ1v) is 8.39. The quantitative estimate of drug-likeness (QED) is 0.824. The van der Waals surface area contributed by atoms with Crippen LogP contribution in [0.3, 0.4) is 0 Å². The van der Waals surface area contributed by atoms with Crippen LogP contribution in [0.5, 0.6) is 5.75 Å². The van der Waals surface area contributed by atoms with E-state index in [-0.39, 0.29) is 11.4 Å². The van der Waals surface area contributed by atoms with E-state index < -0.39 is 10.2 Å². The highest BCUT2D eigenvalue weighted by molar-refractivity contribution is 9.10. The zero-order chi connectivity index (χ0) is 14.0. The molecule has 0 bridgehead atoms. The number of nitrogens with zero attached hydrogens (tertiary/aromatic N) is 1. The highest BCUT2D eigenvalue weighted by atomic mass is 79.9. The van der Waals surface area contributed by atoms with Gasteiger partial charge in [-0.05, 0) is 46.8 Å². The van der Waals surface area contributed by atoms with E-state index in [1.165, 1.54) is 10.4 Å². The minimum absolute atomic E-state index is 0.101. The van der Waals surface area contributed by atoms with E-state index in [9.17, 15) is 13.5 Å². The van der Waals surface area contributed by atoms with Gasteiger partial charge in [0.25, 0.3) is 0 Å². The number of benzene rings is 1. The number of nitrogens with one attached hydrogen (secondary N) is 1. The molecule has 0 saturated carbocycles. The molecular formula is C12H17BrN2O3S. The third-order valence-electron chi connectivity index (χ3n) is 3.31. The number of aromatic hydroxyl groups is 1. The van der Waals surface area contributed by atoms with Crippen LogP contribution >= 0.6 is 15.9 Å². The molecule has 5 nitrogen and oxygen atoms in total. The smallest absolute Gasteiger partial charge is 0.301 e. The van der Waals surface area contributed by atoms with Gasteiger partial charge in [-0.25, -0.2) is 0 Å². The largest absolute Gasteiger partial charge is 0.505 e. The van der Waals surface area contributed by atoms with Gasteiger partial charge in [0, 0.05) is 13.1 Å². The summed E-state index contributed by atoms with van der Waals surface area (Å²) in [5.74, 6) is 0.460. The van der Waals surface area contributed by atoms with Crippen LogP contribution < -0.4 is 4.72 Å². The van der Waals surface area contributed by atoms with Crippen molar-refractivity contribution >= 4 is 31.8 Å². The van der Waals surface area contributed by atoms with E-state index in [0.29, 0.717) is 23.5 Å². The molecule has 2 rings (SSSR count). The zero-order valence-corrected chi connectivity index (χ0v) is 13.0. The number of halogens is 1. The Hall–Kier alpha value is -0.790. The summed E-state index contributed by atoms with van der Waals surface area (Å²) in [6.45, 7) is 3.16. The van der Waals surface area contributed by atoms with Crippen LogP contribution in [-0.2, 0) is 10.2 Å². The summed E-state index contributed by atoms with van der Waals surface area (Å²) in [5.41, 5.74) is 0.188. The maximum Gasteiger partial charge on any atom is 0.301 e. The number of phenols is 1. The van der Waals surface area contributed by atoms with Crippen molar-refractivity contribution < 1.29 is 13.5 Å². The molecule has 1 fully saturated rings. The molecule has 1 aromatic rings. The minimum atomic E-state index is -3.60. The summed E-state index contributed by atoms with van der Waals surface area (Å²) in [6.07, 6.45) is 1.73. The summed E-state index contributed by atoms with van der Waals surface area (Å²) < 4.78 is 28.7. The number of phenolic OH excluding ortho intramolecular Hbond substituents is 1. The molecule has 0 unspecified atom stereocenters. The molecule has 1 heterocycles. The van der Waals surface area contributed by atoms with Crippen molar-refractivity contribution in [1.29, 1.82) is 0 Å². The average molecular weight is 349 g/mol. The van der Waals surface area contributed by atoms with E-state index in [0.717, 1.165) is 12.8 Å². The molecule has 106 valence electrons. The molecule has 0 amide bonds. The first kappa shape index (κ1) is 14.6. The Kier molecular flexibility index (Phi) is 4.37. The highest BCUT2D eigenvalue weighted by Gasteiger charge is 2.27. The van der Waals surface area contributed by atoms with Crippen molar-refractivity contribution in [2.24, 2.45) is 5.92 Å². The Labute approximate surface area is 121 Å². The van der Waals surface area contributed by atoms with Crippen LogP contribution in [0.2, 0.25) is 0 Å². The fourth-order valence-electron chi connectivity index (χ4n) is 2.03. The molecule has 0 spiro atoms. The maximum absolute atomic E-state index is 12.2. The van der Waals surface area contributed by atoms with Crippen LogP contribution in [0.4, 0.5) is 5.69 Å². The number of para-hydroxylation sites is 1. The van der Waals surface area contributed by atoms with Gasteiger partial charge >= 0.3 is 10.2 Å². The van der Waals surface area contributed by atoms with Gasteiger partial charge in [-0.1, -0.05) is 13.0 Å². The molecule has 1 aliphatic heterocycles. The second-order valence-electron chi connectivity index (χ2n) is 4.82. The van der Waals surface area contributed by atoms with Gasteiger partial charge < -0.3 is 5.11 Å². The Morgan fingerprint density at radius 3 is 2.63 bits per heavy atom. The lowest BCUT2D eigenvalue weighted by Gasteiger charge is -2.29. The second-order valence-corrected chi connectivity index (χ2v) is 7.35. The molecule has 1 saturated heterocycles. The molecule has 0 radical (unpaired) electrons. The van der Waals surface area contributed by atoms with Crippen molar-refractivity contribution in [3.63, 3.8) is 0 Å². The predicted octanol–water partition coefficient (Wildman–Crippen LogP) is 2.54. The topological polar surface area (TPSA) is 69.6 Å². The number of rotatable bonds is 3. The molecule has 0 aromatic heterocycles. The lowest BCUT2D eigenvalue weighted by atomic mass is 10.0. The second kappa shape index (κ2) is 5.68.